The summed E-state index contributed by atoms with van der Waals surface area (Å²) in [6.45, 7) is 4.50. The van der Waals surface area contributed by atoms with Gasteiger partial charge in [-0.05, 0) is 25.8 Å². The molecule has 0 bridgehead atoms. The number of aliphatic hydroxyl groups excluding tert-OH is 1. The monoisotopic (exact) mass is 131 g/mol. The second kappa shape index (κ2) is 4.77. The minimum absolute atomic E-state index is 0.241. The van der Waals surface area contributed by atoms with E-state index in [1.165, 1.54) is 0 Å². The summed E-state index contributed by atoms with van der Waals surface area (Å²) >= 11 is 0. The average molecular weight is 131 g/mol. The van der Waals surface area contributed by atoms with Gasteiger partial charge < -0.3 is 10.8 Å². The van der Waals surface area contributed by atoms with Crippen LogP contribution < -0.4 is 5.73 Å². The molecule has 3 N–H and O–H groups in total. The quantitative estimate of drug-likeness (QED) is 0.591. The first-order chi connectivity index (χ1) is 4.22. The van der Waals surface area contributed by atoms with Crippen molar-refractivity contribution in [3.05, 3.63) is 0 Å². The third kappa shape index (κ3) is 3.49. The van der Waals surface area contributed by atoms with Crippen molar-refractivity contribution in [2.75, 3.05) is 6.54 Å². The molecule has 2 nitrogen and oxygen atoms in total. The molecule has 0 radical (unpaired) electrons. The van der Waals surface area contributed by atoms with Gasteiger partial charge in [0, 0.05) is 0 Å². The first-order valence-electron chi connectivity index (χ1n) is 3.60. The molecule has 0 aromatic carbocycles. The summed E-state index contributed by atoms with van der Waals surface area (Å²) < 4.78 is 0. The van der Waals surface area contributed by atoms with Crippen LogP contribution in [0.5, 0.6) is 0 Å². The summed E-state index contributed by atoms with van der Waals surface area (Å²) in [6.07, 6.45) is 1.90. The Labute approximate surface area is 57.1 Å². The maximum atomic E-state index is 9.06. The highest BCUT2D eigenvalue weighted by Crippen LogP contribution is 2.08. The van der Waals surface area contributed by atoms with Crippen LogP contribution in [0.25, 0.3) is 0 Å². The van der Waals surface area contributed by atoms with E-state index in [9.17, 15) is 0 Å². The molecule has 0 aliphatic rings. The largest absolute Gasteiger partial charge is 0.393 e. The van der Waals surface area contributed by atoms with Crippen molar-refractivity contribution in [3.63, 3.8) is 0 Å². The Kier molecular flexibility index (Phi) is 4.72. The van der Waals surface area contributed by atoms with E-state index in [1.807, 2.05) is 0 Å². The van der Waals surface area contributed by atoms with E-state index in [0.717, 1.165) is 12.8 Å². The standard InChI is InChI=1S/C7H17NO/c1-3-4-7(5-8)6(2)9/h6-7,9H,3-5,8H2,1-2H3. The highest BCUT2D eigenvalue weighted by molar-refractivity contribution is 4.64. The number of rotatable bonds is 4. The summed E-state index contributed by atoms with van der Waals surface area (Å²) in [6, 6.07) is 0. The molecule has 0 heterocycles. The summed E-state index contributed by atoms with van der Waals surface area (Å²) in [5, 5.41) is 9.06. The molecule has 2 heteroatoms. The van der Waals surface area contributed by atoms with Gasteiger partial charge in [-0.3, -0.25) is 0 Å². The normalized spacial score (nSPS) is 17.3. The molecule has 0 aromatic rings. The van der Waals surface area contributed by atoms with E-state index in [4.69, 9.17) is 10.8 Å². The lowest BCUT2D eigenvalue weighted by atomic mass is 9.99. The second-order valence-corrected chi connectivity index (χ2v) is 2.53. The fourth-order valence-corrected chi connectivity index (χ4v) is 0.927. The molecule has 0 aliphatic carbocycles. The Morgan fingerprint density at radius 1 is 1.56 bits per heavy atom. The molecule has 56 valence electrons. The third-order valence-corrected chi connectivity index (χ3v) is 1.64. The SMILES string of the molecule is CCCC(CN)C(C)O. The zero-order chi connectivity index (χ0) is 7.28. The molecular formula is C7H17NO. The van der Waals surface area contributed by atoms with Crippen molar-refractivity contribution < 1.29 is 5.11 Å². The van der Waals surface area contributed by atoms with Crippen LogP contribution in [0.4, 0.5) is 0 Å². The van der Waals surface area contributed by atoms with Crippen LogP contribution in [-0.2, 0) is 0 Å². The molecule has 2 unspecified atom stereocenters. The lowest BCUT2D eigenvalue weighted by Crippen LogP contribution is -2.24. The van der Waals surface area contributed by atoms with Crippen LogP contribution in [0.2, 0.25) is 0 Å². The first kappa shape index (κ1) is 8.92. The molecule has 9 heavy (non-hydrogen) atoms. The molecule has 0 saturated heterocycles. The maximum Gasteiger partial charge on any atom is 0.0552 e. The van der Waals surface area contributed by atoms with E-state index in [0.29, 0.717) is 12.5 Å². The first-order valence-corrected chi connectivity index (χ1v) is 3.60. The highest BCUT2D eigenvalue weighted by atomic mass is 16.3. The van der Waals surface area contributed by atoms with E-state index in [-0.39, 0.29) is 6.10 Å². The second-order valence-electron chi connectivity index (χ2n) is 2.53. The Morgan fingerprint density at radius 2 is 2.11 bits per heavy atom. The van der Waals surface area contributed by atoms with E-state index in [2.05, 4.69) is 6.92 Å². The van der Waals surface area contributed by atoms with Crippen LogP contribution in [0.3, 0.4) is 0 Å². The number of hydrogen-bond acceptors (Lipinski definition) is 2. The van der Waals surface area contributed by atoms with E-state index >= 15 is 0 Å². The smallest absolute Gasteiger partial charge is 0.0552 e. The molecule has 0 spiro atoms. The minimum Gasteiger partial charge on any atom is -0.393 e. The molecule has 0 saturated carbocycles. The van der Waals surface area contributed by atoms with Gasteiger partial charge in [-0.2, -0.15) is 0 Å². The van der Waals surface area contributed by atoms with Gasteiger partial charge in [0.25, 0.3) is 0 Å². The van der Waals surface area contributed by atoms with Crippen molar-refractivity contribution in [3.8, 4) is 0 Å². The molecule has 0 fully saturated rings. The van der Waals surface area contributed by atoms with Crippen molar-refractivity contribution in [1.29, 1.82) is 0 Å². The van der Waals surface area contributed by atoms with Crippen LogP contribution in [0.15, 0.2) is 0 Å². The van der Waals surface area contributed by atoms with Gasteiger partial charge in [-0.25, -0.2) is 0 Å². The Hall–Kier alpha value is -0.0800. The predicted molar refractivity (Wildman–Crippen MR) is 39.1 cm³/mol. The van der Waals surface area contributed by atoms with Gasteiger partial charge in [0.05, 0.1) is 6.10 Å². The van der Waals surface area contributed by atoms with Crippen LogP contribution in [0, 0.1) is 5.92 Å². The fourth-order valence-electron chi connectivity index (χ4n) is 0.927. The van der Waals surface area contributed by atoms with Gasteiger partial charge in [0.1, 0.15) is 0 Å². The van der Waals surface area contributed by atoms with E-state index in [1.54, 1.807) is 6.92 Å². The highest BCUT2D eigenvalue weighted by Gasteiger charge is 2.10. The van der Waals surface area contributed by atoms with Gasteiger partial charge in [0.15, 0.2) is 0 Å². The maximum absolute atomic E-state index is 9.06. The Balaban J connectivity index is 3.41. The summed E-state index contributed by atoms with van der Waals surface area (Å²) in [7, 11) is 0. The van der Waals surface area contributed by atoms with Gasteiger partial charge >= 0.3 is 0 Å². The average Bonchev–Trinajstić information content (AvgIpc) is 1.82. The predicted octanol–water partition coefficient (Wildman–Crippen LogP) is 0.742. The molecule has 0 rings (SSSR count). The van der Waals surface area contributed by atoms with Crippen LogP contribution in [-0.4, -0.2) is 17.8 Å². The molecule has 2 atom stereocenters. The zero-order valence-electron chi connectivity index (χ0n) is 6.30. The molecule has 0 aromatic heterocycles. The van der Waals surface area contributed by atoms with Crippen molar-refractivity contribution >= 4 is 0 Å². The third-order valence-electron chi connectivity index (χ3n) is 1.64. The van der Waals surface area contributed by atoms with Gasteiger partial charge in [-0.15, -0.1) is 0 Å². The lowest BCUT2D eigenvalue weighted by molar-refractivity contribution is 0.124. The Bertz CT molecular complexity index is 63.9. The van der Waals surface area contributed by atoms with Crippen molar-refractivity contribution in [1.82, 2.24) is 0 Å². The fraction of sp³-hybridized carbons (Fsp3) is 1.00. The topological polar surface area (TPSA) is 46.2 Å². The summed E-state index contributed by atoms with van der Waals surface area (Å²) in [4.78, 5) is 0. The molecular weight excluding hydrogens is 114 g/mol. The summed E-state index contributed by atoms with van der Waals surface area (Å²) in [5.41, 5.74) is 5.40. The van der Waals surface area contributed by atoms with Crippen LogP contribution >= 0.6 is 0 Å². The van der Waals surface area contributed by atoms with Crippen molar-refractivity contribution in [2.45, 2.75) is 32.8 Å². The lowest BCUT2D eigenvalue weighted by Gasteiger charge is -2.15. The summed E-state index contributed by atoms with van der Waals surface area (Å²) in [5.74, 6) is 0.301. The number of nitrogens with two attached hydrogens (primary N) is 1. The van der Waals surface area contributed by atoms with Gasteiger partial charge in [-0.1, -0.05) is 13.3 Å². The van der Waals surface area contributed by atoms with Gasteiger partial charge in [0.2, 0.25) is 0 Å². The molecule has 0 amide bonds. The van der Waals surface area contributed by atoms with E-state index < -0.39 is 0 Å². The minimum atomic E-state index is -0.241. The number of aliphatic hydroxyl groups is 1. The number of hydrogen-bond donors (Lipinski definition) is 2. The Morgan fingerprint density at radius 3 is 2.22 bits per heavy atom. The zero-order valence-corrected chi connectivity index (χ0v) is 6.30. The molecule has 0 aliphatic heterocycles. The van der Waals surface area contributed by atoms with Crippen molar-refractivity contribution in [2.24, 2.45) is 11.7 Å². The van der Waals surface area contributed by atoms with Crippen LogP contribution in [0.1, 0.15) is 26.7 Å².